The average Bonchev–Trinajstić information content (AvgIpc) is 2.77. The smallest absolute Gasteiger partial charge is 0.183 e. The van der Waals surface area contributed by atoms with Crippen LogP contribution in [0.4, 0.5) is 0 Å². The molecule has 1 fully saturated rings. The van der Waals surface area contributed by atoms with Gasteiger partial charge in [0.05, 0.1) is 0 Å². The van der Waals surface area contributed by atoms with Crippen molar-refractivity contribution in [1.82, 2.24) is 9.78 Å². The van der Waals surface area contributed by atoms with Gasteiger partial charge in [-0.25, -0.2) is 0 Å². The summed E-state index contributed by atoms with van der Waals surface area (Å²) < 4.78 is 1.82. The van der Waals surface area contributed by atoms with Crippen LogP contribution in [0.1, 0.15) is 49.5 Å². The van der Waals surface area contributed by atoms with Gasteiger partial charge in [-0.3, -0.25) is 9.48 Å². The summed E-state index contributed by atoms with van der Waals surface area (Å²) in [5.74, 6) is 0.331. The fourth-order valence-corrected chi connectivity index (χ4v) is 2.61. The summed E-state index contributed by atoms with van der Waals surface area (Å²) in [6.45, 7) is 2.90. The normalized spacial score (nSPS) is 24.8. The van der Waals surface area contributed by atoms with Crippen LogP contribution in [0.5, 0.6) is 0 Å². The van der Waals surface area contributed by atoms with E-state index in [0.29, 0.717) is 0 Å². The Hall–Kier alpha value is -1.16. The molecular weight excluding hydrogens is 214 g/mol. The van der Waals surface area contributed by atoms with Crippen molar-refractivity contribution in [3.8, 4) is 0 Å². The van der Waals surface area contributed by atoms with Gasteiger partial charge in [-0.2, -0.15) is 5.10 Å². The summed E-state index contributed by atoms with van der Waals surface area (Å²) >= 11 is 0. The first-order valence-electron chi connectivity index (χ1n) is 6.54. The van der Waals surface area contributed by atoms with Gasteiger partial charge in [0.25, 0.3) is 0 Å². The number of rotatable bonds is 4. The maximum Gasteiger partial charge on any atom is 0.183 e. The monoisotopic (exact) mass is 235 g/mol. The molecule has 1 heterocycles. The Morgan fingerprint density at radius 3 is 3.12 bits per heavy atom. The maximum atomic E-state index is 12.4. The van der Waals surface area contributed by atoms with Crippen molar-refractivity contribution < 1.29 is 4.79 Å². The lowest BCUT2D eigenvalue weighted by Gasteiger charge is -2.25. The maximum absolute atomic E-state index is 12.4. The molecule has 1 aromatic rings. The Labute approximate surface area is 102 Å². The lowest BCUT2D eigenvalue weighted by Crippen LogP contribution is -2.32. The molecule has 4 heteroatoms. The number of nitrogens with zero attached hydrogens (tertiary/aromatic N) is 2. The predicted molar refractivity (Wildman–Crippen MR) is 66.8 cm³/mol. The lowest BCUT2D eigenvalue weighted by atomic mass is 9.82. The van der Waals surface area contributed by atoms with E-state index in [2.05, 4.69) is 12.0 Å². The summed E-state index contributed by atoms with van der Waals surface area (Å²) in [5.41, 5.74) is 6.69. The van der Waals surface area contributed by atoms with Crippen LogP contribution in [-0.2, 0) is 6.54 Å². The van der Waals surface area contributed by atoms with Gasteiger partial charge < -0.3 is 5.73 Å². The number of hydrogen-bond acceptors (Lipinski definition) is 3. The second-order valence-electron chi connectivity index (χ2n) is 4.93. The molecule has 4 nitrogen and oxygen atoms in total. The van der Waals surface area contributed by atoms with Gasteiger partial charge in [-0.15, -0.1) is 0 Å². The van der Waals surface area contributed by atoms with Gasteiger partial charge in [-0.1, -0.05) is 13.3 Å². The van der Waals surface area contributed by atoms with Crippen LogP contribution in [0.2, 0.25) is 0 Å². The standard InChI is InChI=1S/C13H21N3O/c1-2-8-16-12(6-7-15-16)13(17)10-4-3-5-11(14)9-10/h6-7,10-11H,2-5,8-9,14H2,1H3. The van der Waals surface area contributed by atoms with E-state index in [1.165, 1.54) is 0 Å². The number of hydrogen-bond donors (Lipinski definition) is 1. The Kier molecular flexibility index (Phi) is 3.94. The number of Topliss-reactive ketones (excluding diaryl/α,β-unsaturated/α-hetero) is 1. The van der Waals surface area contributed by atoms with Crippen molar-refractivity contribution >= 4 is 5.78 Å². The predicted octanol–water partition coefficient (Wildman–Crippen LogP) is 1.99. The quantitative estimate of drug-likeness (QED) is 0.812. The summed E-state index contributed by atoms with van der Waals surface area (Å²) in [6.07, 6.45) is 6.63. The summed E-state index contributed by atoms with van der Waals surface area (Å²) in [6, 6.07) is 2.03. The number of aromatic nitrogens is 2. The second-order valence-corrected chi connectivity index (χ2v) is 4.93. The highest BCUT2D eigenvalue weighted by atomic mass is 16.1. The summed E-state index contributed by atoms with van der Waals surface area (Å²) in [7, 11) is 0. The lowest BCUT2D eigenvalue weighted by molar-refractivity contribution is 0.0870. The van der Waals surface area contributed by atoms with Crippen LogP contribution in [0.3, 0.4) is 0 Å². The van der Waals surface area contributed by atoms with Crippen LogP contribution in [-0.4, -0.2) is 21.6 Å². The number of aryl methyl sites for hydroxylation is 1. The van der Waals surface area contributed by atoms with Gasteiger partial charge in [-0.05, 0) is 31.7 Å². The average molecular weight is 235 g/mol. The van der Waals surface area contributed by atoms with E-state index < -0.39 is 0 Å². The van der Waals surface area contributed by atoms with Gasteiger partial charge in [0.2, 0.25) is 0 Å². The van der Waals surface area contributed by atoms with E-state index in [4.69, 9.17) is 5.73 Å². The first-order chi connectivity index (χ1) is 8.22. The molecule has 2 atom stereocenters. The van der Waals surface area contributed by atoms with Crippen LogP contribution >= 0.6 is 0 Å². The van der Waals surface area contributed by atoms with Crippen molar-refractivity contribution in [2.75, 3.05) is 0 Å². The highest BCUT2D eigenvalue weighted by molar-refractivity contribution is 5.96. The molecule has 2 unspecified atom stereocenters. The van der Waals surface area contributed by atoms with Gasteiger partial charge in [0, 0.05) is 24.7 Å². The molecule has 2 rings (SSSR count). The van der Waals surface area contributed by atoms with E-state index in [-0.39, 0.29) is 17.7 Å². The highest BCUT2D eigenvalue weighted by Gasteiger charge is 2.27. The molecule has 94 valence electrons. The van der Waals surface area contributed by atoms with Crippen LogP contribution in [0, 0.1) is 5.92 Å². The van der Waals surface area contributed by atoms with Gasteiger partial charge >= 0.3 is 0 Å². The molecular formula is C13H21N3O. The minimum absolute atomic E-state index is 0.103. The Bertz CT molecular complexity index is 386. The minimum atomic E-state index is 0.103. The third-order valence-electron chi connectivity index (χ3n) is 3.49. The Morgan fingerprint density at radius 1 is 1.59 bits per heavy atom. The molecule has 0 bridgehead atoms. The van der Waals surface area contributed by atoms with Crippen LogP contribution < -0.4 is 5.73 Å². The van der Waals surface area contributed by atoms with Crippen LogP contribution in [0.25, 0.3) is 0 Å². The SMILES string of the molecule is CCCn1nccc1C(=O)C1CCCC(N)C1. The number of carbonyl (C=O) groups excluding carboxylic acids is 1. The number of carbonyl (C=O) groups is 1. The van der Waals surface area contributed by atoms with Crippen molar-refractivity contribution in [2.24, 2.45) is 11.7 Å². The number of nitrogens with two attached hydrogens (primary N) is 1. The fraction of sp³-hybridized carbons (Fsp3) is 0.692. The first kappa shape index (κ1) is 12.3. The zero-order chi connectivity index (χ0) is 12.3. The molecule has 0 saturated heterocycles. The fourth-order valence-electron chi connectivity index (χ4n) is 2.61. The number of ketones is 1. The largest absolute Gasteiger partial charge is 0.328 e. The second kappa shape index (κ2) is 5.45. The van der Waals surface area contributed by atoms with Crippen molar-refractivity contribution in [3.05, 3.63) is 18.0 Å². The molecule has 1 saturated carbocycles. The van der Waals surface area contributed by atoms with E-state index >= 15 is 0 Å². The Balaban J connectivity index is 2.10. The molecule has 0 radical (unpaired) electrons. The van der Waals surface area contributed by atoms with E-state index in [1.807, 2.05) is 10.7 Å². The van der Waals surface area contributed by atoms with Crippen LogP contribution in [0.15, 0.2) is 12.3 Å². The zero-order valence-corrected chi connectivity index (χ0v) is 10.4. The molecule has 0 aromatic carbocycles. The highest BCUT2D eigenvalue weighted by Crippen LogP contribution is 2.26. The van der Waals surface area contributed by atoms with E-state index in [0.717, 1.165) is 44.3 Å². The van der Waals surface area contributed by atoms with Gasteiger partial charge in [0.1, 0.15) is 5.69 Å². The molecule has 17 heavy (non-hydrogen) atoms. The topological polar surface area (TPSA) is 60.9 Å². The minimum Gasteiger partial charge on any atom is -0.328 e. The van der Waals surface area contributed by atoms with E-state index in [9.17, 15) is 4.79 Å². The summed E-state index contributed by atoms with van der Waals surface area (Å²) in [4.78, 5) is 12.4. The molecule has 0 amide bonds. The molecule has 1 aliphatic rings. The van der Waals surface area contributed by atoms with Crippen molar-refractivity contribution in [1.29, 1.82) is 0 Å². The third kappa shape index (κ3) is 2.75. The third-order valence-corrected chi connectivity index (χ3v) is 3.49. The molecule has 2 N–H and O–H groups in total. The van der Waals surface area contributed by atoms with E-state index in [1.54, 1.807) is 6.20 Å². The van der Waals surface area contributed by atoms with Crippen molar-refractivity contribution in [3.63, 3.8) is 0 Å². The molecule has 1 aliphatic carbocycles. The molecule has 0 spiro atoms. The first-order valence-corrected chi connectivity index (χ1v) is 6.54. The molecule has 0 aliphatic heterocycles. The Morgan fingerprint density at radius 2 is 2.41 bits per heavy atom. The summed E-state index contributed by atoms with van der Waals surface area (Å²) in [5, 5.41) is 4.21. The van der Waals surface area contributed by atoms with Crippen molar-refractivity contribution in [2.45, 2.75) is 51.6 Å². The zero-order valence-electron chi connectivity index (χ0n) is 10.4. The van der Waals surface area contributed by atoms with Gasteiger partial charge in [0.15, 0.2) is 5.78 Å². The molecule has 1 aromatic heterocycles.